The molecule has 0 aliphatic carbocycles. The van der Waals surface area contributed by atoms with Crippen molar-refractivity contribution in [2.24, 2.45) is 0 Å². The van der Waals surface area contributed by atoms with Gasteiger partial charge in [-0.15, -0.1) is 12.4 Å². The lowest BCUT2D eigenvalue weighted by atomic mass is 10.1. The fraction of sp³-hybridized carbons (Fsp3) is 0.400. The molecule has 0 unspecified atom stereocenters. The van der Waals surface area contributed by atoms with E-state index < -0.39 is 0 Å². The van der Waals surface area contributed by atoms with E-state index in [-0.39, 0.29) is 24.3 Å². The molecule has 4 heteroatoms. The maximum Gasteiger partial charge on any atom is 0.129 e. The highest BCUT2D eigenvalue weighted by Gasteiger charge is 2.19. The van der Waals surface area contributed by atoms with E-state index in [0.717, 1.165) is 29.4 Å². The van der Waals surface area contributed by atoms with E-state index >= 15 is 0 Å². The Hall–Kier alpha value is -0.120. The van der Waals surface area contributed by atoms with E-state index in [1.165, 1.54) is 6.07 Å². The Kier molecular flexibility index (Phi) is 4.35. The zero-order chi connectivity index (χ0) is 9.26. The second kappa shape index (κ2) is 5.10. The van der Waals surface area contributed by atoms with Crippen molar-refractivity contribution >= 4 is 28.3 Å². The summed E-state index contributed by atoms with van der Waals surface area (Å²) in [7, 11) is 0. The van der Waals surface area contributed by atoms with E-state index in [1.54, 1.807) is 0 Å². The first-order valence-corrected chi connectivity index (χ1v) is 5.25. The van der Waals surface area contributed by atoms with Crippen LogP contribution in [-0.4, -0.2) is 6.54 Å². The molecular weight excluding hydrogens is 268 g/mol. The maximum absolute atomic E-state index is 13.4. The van der Waals surface area contributed by atoms with Crippen molar-refractivity contribution in [1.29, 1.82) is 0 Å². The third-order valence-corrected chi connectivity index (χ3v) is 2.89. The highest BCUT2D eigenvalue weighted by molar-refractivity contribution is 9.10. The zero-order valence-corrected chi connectivity index (χ0v) is 10.00. The van der Waals surface area contributed by atoms with Gasteiger partial charge in [0.15, 0.2) is 0 Å². The van der Waals surface area contributed by atoms with E-state index in [1.807, 2.05) is 12.1 Å². The van der Waals surface area contributed by atoms with Crippen LogP contribution < -0.4 is 5.32 Å². The van der Waals surface area contributed by atoms with Crippen molar-refractivity contribution < 1.29 is 4.39 Å². The summed E-state index contributed by atoms with van der Waals surface area (Å²) < 4.78 is 14.2. The third-order valence-electron chi connectivity index (χ3n) is 2.40. The predicted molar refractivity (Wildman–Crippen MR) is 61.3 cm³/mol. The minimum atomic E-state index is -0.117. The minimum Gasteiger partial charge on any atom is -0.310 e. The van der Waals surface area contributed by atoms with Crippen LogP contribution in [0.4, 0.5) is 4.39 Å². The molecule has 1 aromatic carbocycles. The van der Waals surface area contributed by atoms with E-state index in [9.17, 15) is 4.39 Å². The second-order valence-corrected chi connectivity index (χ2v) is 4.23. The first kappa shape index (κ1) is 12.0. The lowest BCUT2D eigenvalue weighted by Crippen LogP contribution is -2.14. The number of hydrogen-bond donors (Lipinski definition) is 1. The summed E-state index contributed by atoms with van der Waals surface area (Å²) in [4.78, 5) is 0. The Morgan fingerprint density at radius 1 is 1.43 bits per heavy atom. The van der Waals surface area contributed by atoms with Gasteiger partial charge in [0.1, 0.15) is 5.82 Å². The zero-order valence-electron chi connectivity index (χ0n) is 7.59. The van der Waals surface area contributed by atoms with Crippen LogP contribution in [-0.2, 0) is 0 Å². The van der Waals surface area contributed by atoms with Gasteiger partial charge in [0, 0.05) is 16.1 Å². The number of benzene rings is 1. The standard InChI is InChI=1S/C10H11BrFN.ClH/c11-7-3-4-8(9(12)6-7)10-2-1-5-13-10;/h3-4,6,10,13H,1-2,5H2;1H/t10-;/m0./s1. The predicted octanol–water partition coefficient (Wildman–Crippen LogP) is 3.43. The van der Waals surface area contributed by atoms with Gasteiger partial charge in [-0.3, -0.25) is 0 Å². The smallest absolute Gasteiger partial charge is 0.129 e. The summed E-state index contributed by atoms with van der Waals surface area (Å²) in [6.07, 6.45) is 2.18. The van der Waals surface area contributed by atoms with E-state index in [2.05, 4.69) is 21.2 Å². The quantitative estimate of drug-likeness (QED) is 0.831. The molecule has 1 atom stereocenters. The maximum atomic E-state index is 13.4. The normalized spacial score (nSPS) is 20.6. The van der Waals surface area contributed by atoms with E-state index in [0.29, 0.717) is 0 Å². The summed E-state index contributed by atoms with van der Waals surface area (Å²) in [6.45, 7) is 1.00. The molecule has 0 aromatic heterocycles. The molecule has 1 aliphatic heterocycles. The Morgan fingerprint density at radius 2 is 2.21 bits per heavy atom. The van der Waals surface area contributed by atoms with Gasteiger partial charge < -0.3 is 5.32 Å². The number of halogens is 3. The van der Waals surface area contributed by atoms with Crippen LogP contribution in [0, 0.1) is 5.82 Å². The molecule has 0 saturated carbocycles. The summed E-state index contributed by atoms with van der Waals surface area (Å²) in [5.41, 5.74) is 0.792. The first-order valence-electron chi connectivity index (χ1n) is 4.46. The summed E-state index contributed by atoms with van der Waals surface area (Å²) >= 11 is 3.24. The minimum absolute atomic E-state index is 0. The molecule has 0 spiro atoms. The van der Waals surface area contributed by atoms with Crippen LogP contribution in [0.2, 0.25) is 0 Å². The molecule has 0 bridgehead atoms. The molecule has 1 heterocycles. The highest BCUT2D eigenvalue weighted by Crippen LogP contribution is 2.26. The van der Waals surface area contributed by atoms with Crippen LogP contribution in [0.1, 0.15) is 24.4 Å². The van der Waals surface area contributed by atoms with Gasteiger partial charge in [-0.1, -0.05) is 22.0 Å². The molecule has 1 aliphatic rings. The van der Waals surface area contributed by atoms with Gasteiger partial charge in [-0.2, -0.15) is 0 Å². The average molecular weight is 281 g/mol. The van der Waals surface area contributed by atoms with Crippen molar-refractivity contribution in [3.63, 3.8) is 0 Å². The first-order chi connectivity index (χ1) is 6.27. The molecule has 14 heavy (non-hydrogen) atoms. The lowest BCUT2D eigenvalue weighted by molar-refractivity contribution is 0.558. The molecule has 78 valence electrons. The topological polar surface area (TPSA) is 12.0 Å². The Labute approximate surface area is 97.6 Å². The monoisotopic (exact) mass is 279 g/mol. The van der Waals surface area contributed by atoms with E-state index in [4.69, 9.17) is 0 Å². The number of rotatable bonds is 1. The van der Waals surface area contributed by atoms with Crippen molar-refractivity contribution in [3.05, 3.63) is 34.1 Å². The average Bonchev–Trinajstić information content (AvgIpc) is 2.56. The molecule has 0 radical (unpaired) electrons. The van der Waals surface area contributed by atoms with Crippen molar-refractivity contribution in [2.75, 3.05) is 6.54 Å². The van der Waals surface area contributed by atoms with Gasteiger partial charge in [0.2, 0.25) is 0 Å². The Balaban J connectivity index is 0.000000980. The van der Waals surface area contributed by atoms with Crippen LogP contribution in [0.3, 0.4) is 0 Å². The molecule has 1 nitrogen and oxygen atoms in total. The SMILES string of the molecule is Cl.Fc1cc(Br)ccc1[C@@H]1CCCN1. The summed E-state index contributed by atoms with van der Waals surface area (Å²) in [6, 6.07) is 5.48. The fourth-order valence-corrected chi connectivity index (χ4v) is 2.07. The number of hydrogen-bond acceptors (Lipinski definition) is 1. The van der Waals surface area contributed by atoms with Crippen molar-refractivity contribution in [1.82, 2.24) is 5.32 Å². The molecular formula is C10H12BrClFN. The molecule has 1 saturated heterocycles. The largest absolute Gasteiger partial charge is 0.310 e. The molecule has 1 N–H and O–H groups in total. The summed E-state index contributed by atoms with van der Waals surface area (Å²) in [5.74, 6) is -0.117. The van der Waals surface area contributed by atoms with Gasteiger partial charge >= 0.3 is 0 Å². The summed E-state index contributed by atoms with van der Waals surface area (Å²) in [5, 5.41) is 3.28. The molecule has 2 rings (SSSR count). The fourth-order valence-electron chi connectivity index (χ4n) is 1.73. The van der Waals surface area contributed by atoms with Gasteiger partial charge in [0.25, 0.3) is 0 Å². The van der Waals surface area contributed by atoms with Crippen molar-refractivity contribution in [2.45, 2.75) is 18.9 Å². The molecule has 1 fully saturated rings. The highest BCUT2D eigenvalue weighted by atomic mass is 79.9. The lowest BCUT2D eigenvalue weighted by Gasteiger charge is -2.11. The van der Waals surface area contributed by atoms with Crippen LogP contribution in [0.15, 0.2) is 22.7 Å². The van der Waals surface area contributed by atoms with Gasteiger partial charge in [-0.25, -0.2) is 4.39 Å². The Morgan fingerprint density at radius 3 is 2.79 bits per heavy atom. The van der Waals surface area contributed by atoms with Crippen LogP contribution in [0.5, 0.6) is 0 Å². The molecule has 1 aromatic rings. The van der Waals surface area contributed by atoms with Crippen LogP contribution >= 0.6 is 28.3 Å². The third kappa shape index (κ3) is 2.47. The molecule has 0 amide bonds. The second-order valence-electron chi connectivity index (χ2n) is 3.31. The van der Waals surface area contributed by atoms with Gasteiger partial charge in [0.05, 0.1) is 0 Å². The van der Waals surface area contributed by atoms with Crippen molar-refractivity contribution in [3.8, 4) is 0 Å². The van der Waals surface area contributed by atoms with Crippen LogP contribution in [0.25, 0.3) is 0 Å². The van der Waals surface area contributed by atoms with Gasteiger partial charge in [-0.05, 0) is 31.5 Å². The number of nitrogens with one attached hydrogen (secondary N) is 1. The Bertz CT molecular complexity index is 313.